The Morgan fingerprint density at radius 3 is 2.68 bits per heavy atom. The fraction of sp³-hybridized carbons (Fsp3) is 0.500. The van der Waals surface area contributed by atoms with Gasteiger partial charge < -0.3 is 9.47 Å². The second kappa shape index (κ2) is 6.46. The Morgan fingerprint density at radius 2 is 2.00 bits per heavy atom. The van der Waals surface area contributed by atoms with Crippen molar-refractivity contribution in [2.45, 2.75) is 19.0 Å². The molecule has 1 aliphatic heterocycles. The van der Waals surface area contributed by atoms with Gasteiger partial charge in [0.15, 0.2) is 0 Å². The standard InChI is InChI=1S/C16H22N4O2/c1-19-16-13(11-21-2)9-20(10-15(16)17-18-19)8-12-4-6-14(22-3)7-5-12/h4-7,13H,8-11H2,1-3H3/t13-/m1/s1. The normalized spacial score (nSPS) is 18.2. The Bertz CT molecular complexity index is 624. The quantitative estimate of drug-likeness (QED) is 0.839. The molecule has 1 aromatic carbocycles. The summed E-state index contributed by atoms with van der Waals surface area (Å²) in [5.74, 6) is 1.20. The van der Waals surface area contributed by atoms with Crippen LogP contribution in [-0.2, 0) is 24.9 Å². The lowest BCUT2D eigenvalue weighted by molar-refractivity contribution is 0.132. The average molecular weight is 302 g/mol. The van der Waals surface area contributed by atoms with Crippen LogP contribution in [-0.4, -0.2) is 47.3 Å². The summed E-state index contributed by atoms with van der Waals surface area (Å²) in [6.45, 7) is 3.36. The highest BCUT2D eigenvalue weighted by Gasteiger charge is 2.29. The first kappa shape index (κ1) is 15.0. The van der Waals surface area contributed by atoms with Crippen LogP contribution >= 0.6 is 0 Å². The summed E-state index contributed by atoms with van der Waals surface area (Å²) in [6, 6.07) is 8.21. The van der Waals surface area contributed by atoms with E-state index in [1.807, 2.05) is 23.9 Å². The molecule has 0 unspecified atom stereocenters. The van der Waals surface area contributed by atoms with Crippen LogP contribution < -0.4 is 4.74 Å². The molecule has 2 heterocycles. The Hall–Kier alpha value is -1.92. The predicted octanol–water partition coefficient (Wildman–Crippen LogP) is 1.57. The van der Waals surface area contributed by atoms with E-state index < -0.39 is 0 Å². The monoisotopic (exact) mass is 302 g/mol. The molecule has 0 saturated carbocycles. The van der Waals surface area contributed by atoms with E-state index in [-0.39, 0.29) is 0 Å². The number of fused-ring (bicyclic) bond motifs is 1. The molecule has 3 rings (SSSR count). The molecule has 0 aliphatic carbocycles. The summed E-state index contributed by atoms with van der Waals surface area (Å²) in [5.41, 5.74) is 3.53. The van der Waals surface area contributed by atoms with Crippen molar-refractivity contribution in [1.82, 2.24) is 19.9 Å². The molecule has 0 amide bonds. The molecule has 0 fully saturated rings. The van der Waals surface area contributed by atoms with Crippen molar-refractivity contribution < 1.29 is 9.47 Å². The van der Waals surface area contributed by atoms with Crippen LogP contribution in [0.5, 0.6) is 5.75 Å². The van der Waals surface area contributed by atoms with Crippen LogP contribution in [0.4, 0.5) is 0 Å². The molecule has 118 valence electrons. The summed E-state index contributed by atoms with van der Waals surface area (Å²) in [4.78, 5) is 2.39. The van der Waals surface area contributed by atoms with E-state index in [2.05, 4.69) is 27.3 Å². The Balaban J connectivity index is 1.75. The molecule has 0 bridgehead atoms. The molecule has 0 N–H and O–H groups in total. The van der Waals surface area contributed by atoms with Crippen LogP contribution in [0, 0.1) is 0 Å². The second-order valence-electron chi connectivity index (χ2n) is 5.71. The molecule has 0 saturated heterocycles. The molecule has 6 heteroatoms. The minimum absolute atomic E-state index is 0.312. The van der Waals surface area contributed by atoms with E-state index in [9.17, 15) is 0 Å². The van der Waals surface area contributed by atoms with Crippen LogP contribution in [0.15, 0.2) is 24.3 Å². The van der Waals surface area contributed by atoms with Crippen molar-refractivity contribution in [3.63, 3.8) is 0 Å². The zero-order valence-electron chi connectivity index (χ0n) is 13.3. The number of ether oxygens (including phenoxy) is 2. The van der Waals surface area contributed by atoms with Gasteiger partial charge in [-0.2, -0.15) is 0 Å². The highest BCUT2D eigenvalue weighted by atomic mass is 16.5. The fourth-order valence-electron chi connectivity index (χ4n) is 3.14. The van der Waals surface area contributed by atoms with Gasteiger partial charge in [0, 0.05) is 39.7 Å². The molecular weight excluding hydrogens is 280 g/mol. The van der Waals surface area contributed by atoms with Gasteiger partial charge in [0.2, 0.25) is 0 Å². The third-order valence-electron chi connectivity index (χ3n) is 4.12. The smallest absolute Gasteiger partial charge is 0.118 e. The first-order valence-electron chi connectivity index (χ1n) is 7.44. The third kappa shape index (κ3) is 2.98. The maximum absolute atomic E-state index is 5.38. The number of rotatable bonds is 5. The lowest BCUT2D eigenvalue weighted by Crippen LogP contribution is -2.35. The summed E-state index contributed by atoms with van der Waals surface area (Å²) < 4.78 is 12.5. The Kier molecular flexibility index (Phi) is 4.40. The van der Waals surface area contributed by atoms with Gasteiger partial charge in [-0.25, -0.2) is 0 Å². The summed E-state index contributed by atoms with van der Waals surface area (Å²) in [5, 5.41) is 8.47. The first-order valence-corrected chi connectivity index (χ1v) is 7.44. The van der Waals surface area contributed by atoms with E-state index in [0.717, 1.165) is 31.1 Å². The highest BCUT2D eigenvalue weighted by Crippen LogP contribution is 2.27. The van der Waals surface area contributed by atoms with Crippen molar-refractivity contribution in [3.8, 4) is 5.75 Å². The van der Waals surface area contributed by atoms with E-state index in [1.54, 1.807) is 14.2 Å². The van der Waals surface area contributed by atoms with Crippen LogP contribution in [0.2, 0.25) is 0 Å². The lowest BCUT2D eigenvalue weighted by atomic mass is 9.98. The van der Waals surface area contributed by atoms with Crippen molar-refractivity contribution >= 4 is 0 Å². The topological polar surface area (TPSA) is 52.4 Å². The van der Waals surface area contributed by atoms with Gasteiger partial charge in [-0.1, -0.05) is 17.3 Å². The van der Waals surface area contributed by atoms with Gasteiger partial charge in [0.1, 0.15) is 11.4 Å². The van der Waals surface area contributed by atoms with Crippen LogP contribution in [0.3, 0.4) is 0 Å². The number of nitrogens with zero attached hydrogens (tertiary/aromatic N) is 4. The molecular formula is C16H22N4O2. The predicted molar refractivity (Wildman–Crippen MR) is 82.7 cm³/mol. The van der Waals surface area contributed by atoms with Gasteiger partial charge in [0.25, 0.3) is 0 Å². The number of aromatic nitrogens is 3. The van der Waals surface area contributed by atoms with E-state index in [0.29, 0.717) is 12.5 Å². The number of aryl methyl sites for hydroxylation is 1. The molecule has 1 atom stereocenters. The number of methoxy groups -OCH3 is 2. The molecule has 0 radical (unpaired) electrons. The maximum atomic E-state index is 5.38. The van der Waals surface area contributed by atoms with E-state index >= 15 is 0 Å². The van der Waals surface area contributed by atoms with Crippen LogP contribution in [0.1, 0.15) is 22.9 Å². The largest absolute Gasteiger partial charge is 0.497 e. The van der Waals surface area contributed by atoms with Gasteiger partial charge in [-0.15, -0.1) is 5.10 Å². The summed E-state index contributed by atoms with van der Waals surface area (Å²) >= 11 is 0. The zero-order chi connectivity index (χ0) is 15.5. The molecule has 1 aromatic heterocycles. The molecule has 2 aromatic rings. The zero-order valence-corrected chi connectivity index (χ0v) is 13.3. The number of hydrogen-bond acceptors (Lipinski definition) is 5. The lowest BCUT2D eigenvalue weighted by Gasteiger charge is -2.31. The van der Waals surface area contributed by atoms with Crippen molar-refractivity contribution in [3.05, 3.63) is 41.2 Å². The number of hydrogen-bond donors (Lipinski definition) is 0. The Labute approximate surface area is 130 Å². The van der Waals surface area contributed by atoms with Crippen LogP contribution in [0.25, 0.3) is 0 Å². The first-order chi connectivity index (χ1) is 10.7. The van der Waals surface area contributed by atoms with Gasteiger partial charge in [0.05, 0.1) is 19.4 Å². The number of benzene rings is 1. The van der Waals surface area contributed by atoms with E-state index in [4.69, 9.17) is 9.47 Å². The molecule has 1 aliphatic rings. The van der Waals surface area contributed by atoms with Gasteiger partial charge in [-0.05, 0) is 17.7 Å². The minimum atomic E-state index is 0.312. The Morgan fingerprint density at radius 1 is 1.23 bits per heavy atom. The molecule has 22 heavy (non-hydrogen) atoms. The fourth-order valence-corrected chi connectivity index (χ4v) is 3.14. The molecule has 0 spiro atoms. The molecule has 6 nitrogen and oxygen atoms in total. The van der Waals surface area contributed by atoms with Crippen molar-refractivity contribution in [1.29, 1.82) is 0 Å². The van der Waals surface area contributed by atoms with Crippen molar-refractivity contribution in [2.24, 2.45) is 7.05 Å². The third-order valence-corrected chi connectivity index (χ3v) is 4.12. The SMILES string of the molecule is COC[C@H]1CN(Cc2ccc(OC)cc2)Cc2nnn(C)c21. The summed E-state index contributed by atoms with van der Waals surface area (Å²) in [7, 11) is 5.38. The minimum Gasteiger partial charge on any atom is -0.497 e. The maximum Gasteiger partial charge on any atom is 0.118 e. The average Bonchev–Trinajstić information content (AvgIpc) is 2.90. The van der Waals surface area contributed by atoms with E-state index in [1.165, 1.54) is 11.3 Å². The highest BCUT2D eigenvalue weighted by molar-refractivity contribution is 5.27. The van der Waals surface area contributed by atoms with Gasteiger partial charge >= 0.3 is 0 Å². The second-order valence-corrected chi connectivity index (χ2v) is 5.71. The summed E-state index contributed by atoms with van der Waals surface area (Å²) in [6.07, 6.45) is 0. The van der Waals surface area contributed by atoms with Crippen molar-refractivity contribution in [2.75, 3.05) is 27.4 Å². The van der Waals surface area contributed by atoms with Gasteiger partial charge in [-0.3, -0.25) is 9.58 Å².